The van der Waals surface area contributed by atoms with Gasteiger partial charge in [-0.1, -0.05) is 6.92 Å². The lowest BCUT2D eigenvalue weighted by atomic mass is 10.3. The summed E-state index contributed by atoms with van der Waals surface area (Å²) in [6, 6.07) is 2.86. The Balaban J connectivity index is 2.67. The Labute approximate surface area is 118 Å². The first-order valence-electron chi connectivity index (χ1n) is 6.78. The fourth-order valence-corrected chi connectivity index (χ4v) is 1.53. The molecule has 1 aromatic rings. The zero-order valence-electron chi connectivity index (χ0n) is 12.2. The number of aromatic nitrogens is 1. The van der Waals surface area contributed by atoms with Crippen LogP contribution in [0.25, 0.3) is 0 Å². The third-order valence-electron chi connectivity index (χ3n) is 2.44. The Kier molecular flexibility index (Phi) is 6.72. The zero-order valence-corrected chi connectivity index (χ0v) is 12.2. The van der Waals surface area contributed by atoms with Crippen LogP contribution in [0, 0.1) is 10.1 Å². The molecule has 0 radical (unpaired) electrons. The molecule has 112 valence electrons. The van der Waals surface area contributed by atoms with Crippen molar-refractivity contribution in [1.29, 1.82) is 0 Å². The van der Waals surface area contributed by atoms with Gasteiger partial charge in [0.05, 0.1) is 29.8 Å². The quantitative estimate of drug-likeness (QED) is 0.411. The van der Waals surface area contributed by atoms with E-state index in [2.05, 4.69) is 15.6 Å². The van der Waals surface area contributed by atoms with Crippen molar-refractivity contribution in [3.63, 3.8) is 0 Å². The molecule has 0 aliphatic rings. The van der Waals surface area contributed by atoms with Gasteiger partial charge in [0.15, 0.2) is 0 Å². The molecule has 1 rings (SSSR count). The van der Waals surface area contributed by atoms with E-state index in [0.717, 1.165) is 13.0 Å². The van der Waals surface area contributed by atoms with Gasteiger partial charge in [-0.05, 0) is 20.3 Å². The minimum absolute atomic E-state index is 0.0193. The van der Waals surface area contributed by atoms with Crippen LogP contribution in [0.5, 0.6) is 0 Å². The summed E-state index contributed by atoms with van der Waals surface area (Å²) in [7, 11) is 0. The van der Waals surface area contributed by atoms with E-state index in [0.29, 0.717) is 24.8 Å². The van der Waals surface area contributed by atoms with Gasteiger partial charge in [-0.3, -0.25) is 10.1 Å². The fraction of sp³-hybridized carbons (Fsp3) is 0.615. The standard InChI is InChI=1S/C13H22N4O3/c1-4-5-14-12-8-11(17(18)19)9-13(16-12)15-6-7-20-10(2)3/h8-10H,4-7H2,1-3H3,(H2,14,15,16). The monoisotopic (exact) mass is 282 g/mol. The van der Waals surface area contributed by atoms with E-state index in [1.807, 2.05) is 20.8 Å². The number of nitrogens with one attached hydrogen (secondary N) is 2. The lowest BCUT2D eigenvalue weighted by Gasteiger charge is -2.10. The lowest BCUT2D eigenvalue weighted by molar-refractivity contribution is -0.384. The molecule has 0 bridgehead atoms. The van der Waals surface area contributed by atoms with Crippen molar-refractivity contribution in [1.82, 2.24) is 4.98 Å². The van der Waals surface area contributed by atoms with Crippen LogP contribution >= 0.6 is 0 Å². The molecule has 0 aliphatic heterocycles. The fourth-order valence-electron chi connectivity index (χ4n) is 1.53. The summed E-state index contributed by atoms with van der Waals surface area (Å²) in [6.45, 7) is 7.74. The highest BCUT2D eigenvalue weighted by molar-refractivity contribution is 5.54. The largest absolute Gasteiger partial charge is 0.377 e. The highest BCUT2D eigenvalue weighted by atomic mass is 16.6. The third-order valence-corrected chi connectivity index (χ3v) is 2.44. The summed E-state index contributed by atoms with van der Waals surface area (Å²) in [5.41, 5.74) is 0.0193. The smallest absolute Gasteiger partial charge is 0.276 e. The first kappa shape index (κ1) is 16.2. The maximum Gasteiger partial charge on any atom is 0.276 e. The Hall–Kier alpha value is -1.89. The van der Waals surface area contributed by atoms with Crippen LogP contribution in [-0.4, -0.2) is 35.7 Å². The molecule has 20 heavy (non-hydrogen) atoms. The molecule has 0 unspecified atom stereocenters. The molecule has 0 saturated carbocycles. The van der Waals surface area contributed by atoms with Crippen LogP contribution < -0.4 is 10.6 Å². The Bertz CT molecular complexity index is 438. The molecule has 1 heterocycles. The number of nitrogens with zero attached hydrogens (tertiary/aromatic N) is 2. The first-order valence-corrected chi connectivity index (χ1v) is 6.78. The van der Waals surface area contributed by atoms with Crippen molar-refractivity contribution in [2.45, 2.75) is 33.3 Å². The Morgan fingerprint density at radius 2 is 1.90 bits per heavy atom. The predicted molar refractivity (Wildman–Crippen MR) is 79.2 cm³/mol. The number of rotatable bonds is 9. The second kappa shape index (κ2) is 8.31. The van der Waals surface area contributed by atoms with Crippen molar-refractivity contribution >= 4 is 17.3 Å². The SMILES string of the molecule is CCCNc1cc([N+](=O)[O-])cc(NCCOC(C)C)n1. The number of hydrogen-bond acceptors (Lipinski definition) is 6. The summed E-state index contributed by atoms with van der Waals surface area (Å²) < 4.78 is 5.40. The first-order chi connectivity index (χ1) is 9.52. The molecular formula is C13H22N4O3. The molecule has 2 N–H and O–H groups in total. The Morgan fingerprint density at radius 1 is 1.30 bits per heavy atom. The van der Waals surface area contributed by atoms with Gasteiger partial charge < -0.3 is 15.4 Å². The van der Waals surface area contributed by atoms with E-state index >= 15 is 0 Å². The van der Waals surface area contributed by atoms with Crippen LogP contribution in [0.3, 0.4) is 0 Å². The highest BCUT2D eigenvalue weighted by Gasteiger charge is 2.10. The molecule has 1 aromatic heterocycles. The molecular weight excluding hydrogens is 260 g/mol. The van der Waals surface area contributed by atoms with E-state index in [1.54, 1.807) is 0 Å². The van der Waals surface area contributed by atoms with Crippen LogP contribution in [0.2, 0.25) is 0 Å². The van der Waals surface area contributed by atoms with Crippen LogP contribution in [0.4, 0.5) is 17.3 Å². The highest BCUT2D eigenvalue weighted by Crippen LogP contribution is 2.20. The van der Waals surface area contributed by atoms with Gasteiger partial charge >= 0.3 is 0 Å². The van der Waals surface area contributed by atoms with Gasteiger partial charge in [-0.2, -0.15) is 0 Å². The minimum Gasteiger partial charge on any atom is -0.377 e. The number of nitro groups is 1. The minimum atomic E-state index is -0.422. The van der Waals surface area contributed by atoms with Crippen molar-refractivity contribution in [3.05, 3.63) is 22.2 Å². The van der Waals surface area contributed by atoms with Gasteiger partial charge in [0.1, 0.15) is 11.6 Å². The second-order valence-electron chi connectivity index (χ2n) is 4.63. The molecule has 0 atom stereocenters. The topological polar surface area (TPSA) is 89.3 Å². The maximum absolute atomic E-state index is 10.9. The summed E-state index contributed by atoms with van der Waals surface area (Å²) in [4.78, 5) is 14.8. The normalized spacial score (nSPS) is 10.6. The van der Waals surface area contributed by atoms with Gasteiger partial charge in [-0.25, -0.2) is 4.98 Å². The summed E-state index contributed by atoms with van der Waals surface area (Å²) >= 11 is 0. The molecule has 7 nitrogen and oxygen atoms in total. The van der Waals surface area contributed by atoms with E-state index in [9.17, 15) is 10.1 Å². The van der Waals surface area contributed by atoms with Crippen LogP contribution in [-0.2, 0) is 4.74 Å². The molecule has 0 aromatic carbocycles. The Morgan fingerprint density at radius 3 is 2.40 bits per heavy atom. The van der Waals surface area contributed by atoms with E-state index < -0.39 is 4.92 Å². The predicted octanol–water partition coefficient (Wildman–Crippen LogP) is 2.65. The average molecular weight is 282 g/mol. The lowest BCUT2D eigenvalue weighted by Crippen LogP contribution is -2.14. The van der Waals surface area contributed by atoms with Crippen molar-refractivity contribution in [2.75, 3.05) is 30.3 Å². The van der Waals surface area contributed by atoms with Crippen molar-refractivity contribution in [2.24, 2.45) is 0 Å². The summed E-state index contributed by atoms with van der Waals surface area (Å²) in [5, 5.41) is 17.0. The zero-order chi connectivity index (χ0) is 15.0. The number of ether oxygens (including phenoxy) is 1. The number of hydrogen-bond donors (Lipinski definition) is 2. The molecule has 0 amide bonds. The molecule has 0 saturated heterocycles. The van der Waals surface area contributed by atoms with Gasteiger partial charge in [0, 0.05) is 13.1 Å². The van der Waals surface area contributed by atoms with Crippen molar-refractivity contribution < 1.29 is 9.66 Å². The van der Waals surface area contributed by atoms with Crippen LogP contribution in [0.15, 0.2) is 12.1 Å². The van der Waals surface area contributed by atoms with E-state index in [-0.39, 0.29) is 11.8 Å². The molecule has 0 fully saturated rings. The van der Waals surface area contributed by atoms with E-state index in [1.165, 1.54) is 12.1 Å². The number of pyridine rings is 1. The van der Waals surface area contributed by atoms with Gasteiger partial charge in [0.2, 0.25) is 0 Å². The van der Waals surface area contributed by atoms with Gasteiger partial charge in [0.25, 0.3) is 5.69 Å². The van der Waals surface area contributed by atoms with Crippen molar-refractivity contribution in [3.8, 4) is 0 Å². The average Bonchev–Trinajstić information content (AvgIpc) is 2.41. The molecule has 7 heteroatoms. The maximum atomic E-state index is 10.9. The van der Waals surface area contributed by atoms with Crippen LogP contribution in [0.1, 0.15) is 27.2 Å². The molecule has 0 aliphatic carbocycles. The molecule has 0 spiro atoms. The summed E-state index contributed by atoms with van der Waals surface area (Å²) in [6.07, 6.45) is 1.09. The van der Waals surface area contributed by atoms with E-state index in [4.69, 9.17) is 4.74 Å². The third kappa shape index (κ3) is 5.83. The van der Waals surface area contributed by atoms with Gasteiger partial charge in [-0.15, -0.1) is 0 Å². The summed E-state index contributed by atoms with van der Waals surface area (Å²) in [5.74, 6) is 0.985. The second-order valence-corrected chi connectivity index (χ2v) is 4.63. The number of anilines is 2.